The van der Waals surface area contributed by atoms with Crippen LogP contribution in [0.4, 0.5) is 0 Å². The summed E-state index contributed by atoms with van der Waals surface area (Å²) in [6, 6.07) is 13.7. The molecule has 0 saturated heterocycles. The molecular formula is C28H38Cl2Si2Zr. The van der Waals surface area contributed by atoms with Gasteiger partial charge in [0.05, 0.1) is 0 Å². The number of halogens is 2. The van der Waals surface area contributed by atoms with E-state index in [1.165, 1.54) is 43.8 Å². The molecule has 2 aromatic rings. The second-order valence-electron chi connectivity index (χ2n) is 12.3. The summed E-state index contributed by atoms with van der Waals surface area (Å²) in [6.45, 7) is 21.2. The van der Waals surface area contributed by atoms with Crippen LogP contribution in [-0.2, 0) is 15.9 Å². The van der Waals surface area contributed by atoms with Crippen LogP contribution in [0.15, 0.2) is 47.5 Å². The van der Waals surface area contributed by atoms with E-state index in [-0.39, 0.29) is 7.25 Å². The fraction of sp³-hybridized carbons (Fsp3) is 0.393. The van der Waals surface area contributed by atoms with Crippen molar-refractivity contribution >= 4 is 59.4 Å². The minimum absolute atomic E-state index is 0.112. The monoisotopic (exact) mass is 590 g/mol. The van der Waals surface area contributed by atoms with E-state index in [4.69, 9.17) is 17.0 Å². The molecule has 0 heterocycles. The molecule has 2 aromatic carbocycles. The van der Waals surface area contributed by atoms with Crippen LogP contribution in [-0.4, -0.2) is 19.9 Å². The molecule has 4 rings (SSSR count). The number of rotatable bonds is 4. The summed E-state index contributed by atoms with van der Waals surface area (Å²) >= 11 is -4.62. The summed E-state index contributed by atoms with van der Waals surface area (Å²) in [4.78, 5) is 0. The molecule has 2 unspecified atom stereocenters. The zero-order chi connectivity index (χ0) is 24.6. The van der Waals surface area contributed by atoms with Gasteiger partial charge in [0.25, 0.3) is 0 Å². The summed E-state index contributed by atoms with van der Waals surface area (Å²) in [7, 11) is 13.1. The SMILES string of the molecule is C[CH]=[Zr]([Cl])([Cl])([CH]1C(C)=Cc2c1cccc2[Si](C)(C)C)[CH]1C(C)=Cc2c1cccc2[Si](C)(C)C. The molecule has 0 nitrogen and oxygen atoms in total. The molecule has 2 aliphatic rings. The predicted octanol–water partition coefficient (Wildman–Crippen LogP) is 8.21. The van der Waals surface area contributed by atoms with Gasteiger partial charge in [-0.25, -0.2) is 0 Å². The van der Waals surface area contributed by atoms with Crippen LogP contribution < -0.4 is 10.4 Å². The molecule has 0 spiro atoms. The zero-order valence-electron chi connectivity index (χ0n) is 21.6. The van der Waals surface area contributed by atoms with E-state index in [1.807, 2.05) is 0 Å². The fourth-order valence-corrected chi connectivity index (χ4v) is 27.8. The average Bonchev–Trinajstić information content (AvgIpc) is 3.22. The Labute approximate surface area is 210 Å². The van der Waals surface area contributed by atoms with Crippen LogP contribution >= 0.6 is 17.0 Å². The Morgan fingerprint density at radius 1 is 0.697 bits per heavy atom. The Morgan fingerprint density at radius 3 is 1.36 bits per heavy atom. The normalized spacial score (nSPS) is 20.8. The maximum absolute atomic E-state index is 8.03. The van der Waals surface area contributed by atoms with Crippen molar-refractivity contribution in [3.8, 4) is 0 Å². The molecule has 2 atom stereocenters. The first kappa shape index (κ1) is 25.8. The Hall–Kier alpha value is -0.313. The van der Waals surface area contributed by atoms with Gasteiger partial charge in [-0.15, -0.1) is 0 Å². The molecule has 33 heavy (non-hydrogen) atoms. The van der Waals surface area contributed by atoms with Crippen LogP contribution in [0, 0.1) is 0 Å². The van der Waals surface area contributed by atoms with Gasteiger partial charge in [0.2, 0.25) is 0 Å². The molecule has 0 aliphatic heterocycles. The number of hydrogen-bond donors (Lipinski definition) is 0. The van der Waals surface area contributed by atoms with Crippen molar-refractivity contribution in [1.82, 2.24) is 0 Å². The van der Waals surface area contributed by atoms with E-state index in [9.17, 15) is 0 Å². The van der Waals surface area contributed by atoms with Gasteiger partial charge in [-0.2, -0.15) is 0 Å². The van der Waals surface area contributed by atoms with Crippen molar-refractivity contribution < 1.29 is 15.9 Å². The van der Waals surface area contributed by atoms with Crippen LogP contribution in [0.25, 0.3) is 12.2 Å². The number of hydrogen-bond acceptors (Lipinski definition) is 0. The third kappa shape index (κ3) is 3.99. The van der Waals surface area contributed by atoms with Crippen molar-refractivity contribution in [2.45, 2.75) is 67.3 Å². The topological polar surface area (TPSA) is 0 Å². The van der Waals surface area contributed by atoms with Gasteiger partial charge < -0.3 is 0 Å². The summed E-state index contributed by atoms with van der Waals surface area (Å²) in [5.74, 6) is 0. The van der Waals surface area contributed by atoms with E-state index in [2.05, 4.69) is 112 Å². The van der Waals surface area contributed by atoms with E-state index < -0.39 is 32.1 Å². The predicted molar refractivity (Wildman–Crippen MR) is 155 cm³/mol. The van der Waals surface area contributed by atoms with Crippen molar-refractivity contribution in [3.63, 3.8) is 0 Å². The van der Waals surface area contributed by atoms with Crippen LogP contribution in [0.3, 0.4) is 0 Å². The van der Waals surface area contributed by atoms with Gasteiger partial charge >= 0.3 is 212 Å². The van der Waals surface area contributed by atoms with E-state index in [0.717, 1.165) is 0 Å². The third-order valence-electron chi connectivity index (χ3n) is 7.83. The van der Waals surface area contributed by atoms with Crippen LogP contribution in [0.5, 0.6) is 0 Å². The molecular weight excluding hydrogens is 555 g/mol. The van der Waals surface area contributed by atoms with Crippen molar-refractivity contribution in [2.24, 2.45) is 0 Å². The molecule has 0 aromatic heterocycles. The van der Waals surface area contributed by atoms with Gasteiger partial charge in [-0.05, 0) is 0 Å². The fourth-order valence-electron chi connectivity index (χ4n) is 6.38. The molecule has 0 amide bonds. The van der Waals surface area contributed by atoms with Crippen molar-refractivity contribution in [3.05, 3.63) is 69.8 Å². The molecule has 176 valence electrons. The Bertz CT molecular complexity index is 1190. The molecule has 5 heteroatoms. The van der Waals surface area contributed by atoms with Crippen molar-refractivity contribution in [2.75, 3.05) is 0 Å². The second-order valence-corrected chi connectivity index (χ2v) is 43.8. The Kier molecular flexibility index (Phi) is 6.33. The summed E-state index contributed by atoms with van der Waals surface area (Å²) in [5, 5.41) is 3.03. The van der Waals surface area contributed by atoms with E-state index in [0.29, 0.717) is 0 Å². The van der Waals surface area contributed by atoms with Gasteiger partial charge in [-0.3, -0.25) is 0 Å². The molecule has 0 radical (unpaired) electrons. The number of fused-ring (bicyclic) bond motifs is 2. The average molecular weight is 593 g/mol. The third-order valence-corrected chi connectivity index (χ3v) is 31.6. The molecule has 2 aliphatic carbocycles. The summed E-state index contributed by atoms with van der Waals surface area (Å²) in [6.07, 6.45) is 4.81. The van der Waals surface area contributed by atoms with Gasteiger partial charge in [0, 0.05) is 0 Å². The summed E-state index contributed by atoms with van der Waals surface area (Å²) < 4.78 is 2.50. The van der Waals surface area contributed by atoms with Gasteiger partial charge in [0.15, 0.2) is 0 Å². The minimum atomic E-state index is -4.62. The first-order chi connectivity index (χ1) is 15.1. The molecule has 0 saturated carbocycles. The molecule has 0 N–H and O–H groups in total. The van der Waals surface area contributed by atoms with E-state index >= 15 is 0 Å². The first-order valence-corrected chi connectivity index (χ1v) is 29.7. The van der Waals surface area contributed by atoms with Gasteiger partial charge in [0.1, 0.15) is 0 Å². The Morgan fingerprint density at radius 2 is 1.06 bits per heavy atom. The van der Waals surface area contributed by atoms with E-state index in [1.54, 1.807) is 0 Å². The Balaban J connectivity index is 1.98. The van der Waals surface area contributed by atoms with Crippen molar-refractivity contribution in [1.29, 1.82) is 0 Å². The number of allylic oxidation sites excluding steroid dienone is 2. The van der Waals surface area contributed by atoms with Crippen LogP contribution in [0.2, 0.25) is 39.3 Å². The van der Waals surface area contributed by atoms with Gasteiger partial charge in [-0.1, -0.05) is 0 Å². The zero-order valence-corrected chi connectivity index (χ0v) is 27.6. The van der Waals surface area contributed by atoms with Crippen LogP contribution in [0.1, 0.15) is 50.3 Å². The first-order valence-electron chi connectivity index (χ1n) is 12.1. The standard InChI is InChI=1S/2C13H17Si.C2H4.2ClH.Zr/c2*1-10-8-11-6-5-7-13(12(11)9-10)14(2,3)4;1-2;;;/h2*5-9H,1-4H3;1H,2H3;2*1H;/q;;;;;+2/p-2. The summed E-state index contributed by atoms with van der Waals surface area (Å²) in [5.41, 5.74) is 8.21. The quantitative estimate of drug-likeness (QED) is 0.314. The number of benzene rings is 2. The molecule has 0 bridgehead atoms. The second kappa shape index (κ2) is 8.10. The molecule has 0 fully saturated rings. The maximum atomic E-state index is 8.03.